The zero-order chi connectivity index (χ0) is 15.9. The van der Waals surface area contributed by atoms with E-state index in [4.69, 9.17) is 4.74 Å². The molecular formula is C18H26N2O2S. The summed E-state index contributed by atoms with van der Waals surface area (Å²) in [7, 11) is 1.93. The topological polar surface area (TPSA) is 34.5 Å². The number of carbonyl (C=O) groups excluding carboxylic acids is 1. The van der Waals surface area contributed by atoms with Crippen molar-refractivity contribution in [2.24, 2.45) is 13.0 Å². The summed E-state index contributed by atoms with van der Waals surface area (Å²) in [6.07, 6.45) is 8.91. The van der Waals surface area contributed by atoms with Crippen molar-refractivity contribution in [2.45, 2.75) is 43.0 Å². The molecule has 2 saturated heterocycles. The molecule has 126 valence electrons. The molecule has 1 saturated carbocycles. The molecular weight excluding hydrogens is 308 g/mol. The Morgan fingerprint density at radius 2 is 2.17 bits per heavy atom. The van der Waals surface area contributed by atoms with Crippen molar-refractivity contribution in [3.63, 3.8) is 0 Å². The van der Waals surface area contributed by atoms with Crippen molar-refractivity contribution >= 4 is 17.7 Å². The Morgan fingerprint density at radius 3 is 2.87 bits per heavy atom. The maximum atomic E-state index is 12.5. The van der Waals surface area contributed by atoms with Crippen LogP contribution in [0.2, 0.25) is 0 Å². The first-order chi connectivity index (χ1) is 11.2. The standard InChI is InChI=1S/C18H26N2O2S/c1-19-8-4-7-16(19)17(21)20-12-18(13-20)9-15(11-23-18)22-10-14-5-2-3-6-14/h4,7-8,14-15H,2-3,5-6,9-13H2,1H3. The van der Waals surface area contributed by atoms with Crippen molar-refractivity contribution in [3.8, 4) is 0 Å². The van der Waals surface area contributed by atoms with Gasteiger partial charge in [-0.15, -0.1) is 11.8 Å². The van der Waals surface area contributed by atoms with Gasteiger partial charge in [0.1, 0.15) is 5.69 Å². The Balaban J connectivity index is 1.26. The van der Waals surface area contributed by atoms with Gasteiger partial charge in [0.2, 0.25) is 0 Å². The lowest BCUT2D eigenvalue weighted by Crippen LogP contribution is -2.61. The third-order valence-corrected chi connectivity index (χ3v) is 7.20. The molecule has 4 rings (SSSR count). The van der Waals surface area contributed by atoms with Crippen LogP contribution in [0.3, 0.4) is 0 Å². The molecule has 3 aliphatic rings. The molecule has 3 fully saturated rings. The van der Waals surface area contributed by atoms with Gasteiger partial charge in [-0.2, -0.15) is 0 Å². The van der Waals surface area contributed by atoms with Gasteiger partial charge in [0.25, 0.3) is 5.91 Å². The highest BCUT2D eigenvalue weighted by molar-refractivity contribution is 8.01. The maximum Gasteiger partial charge on any atom is 0.270 e. The van der Waals surface area contributed by atoms with Gasteiger partial charge < -0.3 is 14.2 Å². The van der Waals surface area contributed by atoms with E-state index in [0.29, 0.717) is 6.10 Å². The van der Waals surface area contributed by atoms with E-state index < -0.39 is 0 Å². The number of hydrogen-bond acceptors (Lipinski definition) is 3. The van der Waals surface area contributed by atoms with E-state index in [-0.39, 0.29) is 10.7 Å². The second-order valence-electron chi connectivity index (χ2n) is 7.47. The molecule has 1 spiro atoms. The summed E-state index contributed by atoms with van der Waals surface area (Å²) in [4.78, 5) is 14.5. The van der Waals surface area contributed by atoms with Crippen molar-refractivity contribution in [1.82, 2.24) is 9.47 Å². The molecule has 0 bridgehead atoms. The molecule has 5 heteroatoms. The number of nitrogens with zero attached hydrogens (tertiary/aromatic N) is 2. The zero-order valence-corrected chi connectivity index (χ0v) is 14.7. The van der Waals surface area contributed by atoms with Gasteiger partial charge >= 0.3 is 0 Å². The number of aromatic nitrogens is 1. The van der Waals surface area contributed by atoms with Crippen molar-refractivity contribution in [1.29, 1.82) is 0 Å². The minimum atomic E-state index is 0.166. The van der Waals surface area contributed by atoms with Crippen LogP contribution in [0.4, 0.5) is 0 Å². The molecule has 1 unspecified atom stereocenters. The summed E-state index contributed by atoms with van der Waals surface area (Å²) in [5.74, 6) is 2.06. The van der Waals surface area contributed by atoms with E-state index in [1.54, 1.807) is 0 Å². The molecule has 0 radical (unpaired) electrons. The second-order valence-corrected chi connectivity index (χ2v) is 8.96. The lowest BCUT2D eigenvalue weighted by atomic mass is 9.92. The minimum Gasteiger partial charge on any atom is -0.377 e. The van der Waals surface area contributed by atoms with Crippen LogP contribution in [-0.2, 0) is 11.8 Å². The summed E-state index contributed by atoms with van der Waals surface area (Å²) in [6.45, 7) is 2.71. The number of aryl methyl sites for hydroxylation is 1. The molecule has 1 aliphatic carbocycles. The Kier molecular flexibility index (Phi) is 4.18. The zero-order valence-electron chi connectivity index (χ0n) is 13.9. The largest absolute Gasteiger partial charge is 0.377 e. The van der Waals surface area contributed by atoms with Crippen LogP contribution in [0.1, 0.15) is 42.6 Å². The highest BCUT2D eigenvalue weighted by atomic mass is 32.2. The van der Waals surface area contributed by atoms with E-state index in [2.05, 4.69) is 0 Å². The van der Waals surface area contributed by atoms with E-state index in [1.165, 1.54) is 25.7 Å². The minimum absolute atomic E-state index is 0.166. The van der Waals surface area contributed by atoms with Gasteiger partial charge in [0.15, 0.2) is 0 Å². The predicted molar refractivity (Wildman–Crippen MR) is 92.8 cm³/mol. The molecule has 23 heavy (non-hydrogen) atoms. The number of likely N-dealkylation sites (tertiary alicyclic amines) is 1. The molecule has 0 aromatic carbocycles. The monoisotopic (exact) mass is 334 g/mol. The third kappa shape index (κ3) is 3.05. The third-order valence-electron chi connectivity index (χ3n) is 5.63. The summed E-state index contributed by atoms with van der Waals surface area (Å²) in [5.41, 5.74) is 0.789. The fraction of sp³-hybridized carbons (Fsp3) is 0.722. The van der Waals surface area contributed by atoms with Crippen molar-refractivity contribution in [3.05, 3.63) is 24.0 Å². The first-order valence-electron chi connectivity index (χ1n) is 8.81. The quantitative estimate of drug-likeness (QED) is 0.849. The van der Waals surface area contributed by atoms with Gasteiger partial charge in [-0.05, 0) is 37.3 Å². The van der Waals surface area contributed by atoms with Crippen LogP contribution in [0.5, 0.6) is 0 Å². The highest BCUT2D eigenvalue weighted by Gasteiger charge is 2.51. The average Bonchev–Trinajstić information content (AvgIpc) is 3.23. The van der Waals surface area contributed by atoms with Crippen LogP contribution < -0.4 is 0 Å². The second kappa shape index (κ2) is 6.17. The fourth-order valence-corrected chi connectivity index (χ4v) is 5.77. The summed E-state index contributed by atoms with van der Waals surface area (Å²) in [5, 5.41) is 0. The molecule has 1 amide bonds. The van der Waals surface area contributed by atoms with Crippen LogP contribution in [0.25, 0.3) is 0 Å². The molecule has 4 nitrogen and oxygen atoms in total. The van der Waals surface area contributed by atoms with Gasteiger partial charge in [0, 0.05) is 38.7 Å². The van der Waals surface area contributed by atoms with E-state index in [1.807, 2.05) is 46.6 Å². The van der Waals surface area contributed by atoms with Crippen LogP contribution in [0.15, 0.2) is 18.3 Å². The lowest BCUT2D eigenvalue weighted by Gasteiger charge is -2.47. The molecule has 2 aliphatic heterocycles. The van der Waals surface area contributed by atoms with Crippen molar-refractivity contribution in [2.75, 3.05) is 25.4 Å². The number of rotatable bonds is 4. The van der Waals surface area contributed by atoms with Gasteiger partial charge in [0.05, 0.1) is 10.9 Å². The van der Waals surface area contributed by atoms with Crippen molar-refractivity contribution < 1.29 is 9.53 Å². The number of thioether (sulfide) groups is 1. The fourth-order valence-electron chi connectivity index (χ4n) is 4.22. The van der Waals surface area contributed by atoms with Gasteiger partial charge in [-0.25, -0.2) is 0 Å². The number of carbonyl (C=O) groups is 1. The average molecular weight is 334 g/mol. The molecule has 1 aromatic rings. The molecule has 3 heterocycles. The molecule has 0 N–H and O–H groups in total. The normalized spacial score (nSPS) is 26.8. The highest BCUT2D eigenvalue weighted by Crippen LogP contribution is 2.46. The first-order valence-corrected chi connectivity index (χ1v) is 9.80. The Morgan fingerprint density at radius 1 is 1.39 bits per heavy atom. The van der Waals surface area contributed by atoms with Crippen LogP contribution in [0, 0.1) is 5.92 Å². The lowest BCUT2D eigenvalue weighted by molar-refractivity contribution is 0.0195. The number of hydrogen-bond donors (Lipinski definition) is 0. The van der Waals surface area contributed by atoms with E-state index in [9.17, 15) is 4.79 Å². The molecule has 1 atom stereocenters. The van der Waals surface area contributed by atoms with Crippen LogP contribution in [-0.4, -0.2) is 51.7 Å². The SMILES string of the molecule is Cn1cccc1C(=O)N1CC2(CC(OCC3CCCC3)CS2)C1. The summed E-state index contributed by atoms with van der Waals surface area (Å²) in [6, 6.07) is 3.84. The number of ether oxygens (including phenoxy) is 1. The number of amides is 1. The maximum absolute atomic E-state index is 12.5. The van der Waals surface area contributed by atoms with Gasteiger partial charge in [-0.3, -0.25) is 4.79 Å². The Labute approximate surface area is 142 Å². The molecule has 1 aromatic heterocycles. The Bertz CT molecular complexity index is 573. The first kappa shape index (κ1) is 15.6. The smallest absolute Gasteiger partial charge is 0.270 e. The van der Waals surface area contributed by atoms with E-state index in [0.717, 1.165) is 43.5 Å². The Hall–Kier alpha value is -0.940. The predicted octanol–water partition coefficient (Wildman–Crippen LogP) is 2.93. The summed E-state index contributed by atoms with van der Waals surface area (Å²) >= 11 is 2.02. The summed E-state index contributed by atoms with van der Waals surface area (Å²) < 4.78 is 8.35. The van der Waals surface area contributed by atoms with E-state index >= 15 is 0 Å². The van der Waals surface area contributed by atoms with Crippen LogP contribution >= 0.6 is 11.8 Å². The van der Waals surface area contributed by atoms with Gasteiger partial charge in [-0.1, -0.05) is 12.8 Å².